The molecule has 4 aromatic rings. The summed E-state index contributed by atoms with van der Waals surface area (Å²) in [6, 6.07) is 31.6. The van der Waals surface area contributed by atoms with Crippen molar-refractivity contribution in [3.63, 3.8) is 0 Å². The average molecular weight is 696 g/mol. The lowest BCUT2D eigenvalue weighted by Gasteiger charge is -2.11. The summed E-state index contributed by atoms with van der Waals surface area (Å²) in [5.74, 6) is 0.627. The molecular formula is C38H40Cl2O4S2. The van der Waals surface area contributed by atoms with Gasteiger partial charge in [0.1, 0.15) is 13.2 Å². The second-order valence-corrected chi connectivity index (χ2v) is 14.9. The van der Waals surface area contributed by atoms with Crippen LogP contribution in [0.3, 0.4) is 0 Å². The van der Waals surface area contributed by atoms with E-state index in [0.717, 1.165) is 47.9 Å². The molecule has 0 aliphatic carbocycles. The number of esters is 2. The number of carbonyl (C=O) groups is 2. The van der Waals surface area contributed by atoms with E-state index in [1.807, 2.05) is 24.3 Å². The number of benzene rings is 4. The summed E-state index contributed by atoms with van der Waals surface area (Å²) in [4.78, 5) is 24.8. The fraction of sp³-hybridized carbons (Fsp3) is 0.316. The quantitative estimate of drug-likeness (QED) is 0.0474. The molecule has 0 aromatic heterocycles. The van der Waals surface area contributed by atoms with Gasteiger partial charge in [-0.2, -0.15) is 0 Å². The molecule has 0 heterocycles. The van der Waals surface area contributed by atoms with E-state index in [2.05, 4.69) is 62.4 Å². The highest BCUT2D eigenvalue weighted by Crippen LogP contribution is 2.28. The van der Waals surface area contributed by atoms with Crippen LogP contribution >= 0.6 is 44.8 Å². The van der Waals surface area contributed by atoms with E-state index in [0.29, 0.717) is 35.8 Å². The summed E-state index contributed by atoms with van der Waals surface area (Å²) in [5, 5.41) is -0.0911. The van der Waals surface area contributed by atoms with Crippen LogP contribution in [0.25, 0.3) is 0 Å². The first kappa shape index (κ1) is 35.9. The van der Waals surface area contributed by atoms with Crippen LogP contribution in [-0.4, -0.2) is 36.7 Å². The lowest BCUT2D eigenvalue weighted by atomic mass is 10.0. The molecule has 0 N–H and O–H groups in total. The van der Waals surface area contributed by atoms with Crippen molar-refractivity contribution in [2.75, 3.05) is 24.7 Å². The van der Waals surface area contributed by atoms with Gasteiger partial charge in [0.05, 0.1) is 21.9 Å². The Morgan fingerprint density at radius 1 is 0.565 bits per heavy atom. The Kier molecular flexibility index (Phi) is 14.9. The molecule has 0 aliphatic heterocycles. The van der Waals surface area contributed by atoms with Gasteiger partial charge in [-0.3, -0.25) is 0 Å². The van der Waals surface area contributed by atoms with Crippen LogP contribution < -0.4 is 0 Å². The SMILES string of the molecule is Cc1ccc(C(Cl)CCc2ccc(C(=O)OCCSSCCOC(=O)c3ccc(CCC(Cl)c4ccc(C)cc4)cc3)cc2)cc1. The zero-order chi connectivity index (χ0) is 32.7. The summed E-state index contributed by atoms with van der Waals surface area (Å²) in [6.07, 6.45) is 3.30. The highest BCUT2D eigenvalue weighted by Gasteiger charge is 2.12. The molecule has 46 heavy (non-hydrogen) atoms. The summed E-state index contributed by atoms with van der Waals surface area (Å²) in [6.45, 7) is 4.75. The minimum absolute atomic E-state index is 0.0455. The number of hydrogen-bond acceptors (Lipinski definition) is 6. The maximum Gasteiger partial charge on any atom is 0.338 e. The fourth-order valence-corrected chi connectivity index (χ4v) is 6.87. The molecule has 0 bridgehead atoms. The molecule has 4 aromatic carbocycles. The first-order valence-electron chi connectivity index (χ1n) is 15.5. The van der Waals surface area contributed by atoms with Gasteiger partial charge >= 0.3 is 11.9 Å². The van der Waals surface area contributed by atoms with Crippen LogP contribution in [0.1, 0.15) is 77.7 Å². The Morgan fingerprint density at radius 3 is 1.26 bits per heavy atom. The van der Waals surface area contributed by atoms with Gasteiger partial charge in [-0.1, -0.05) is 106 Å². The van der Waals surface area contributed by atoms with Crippen molar-refractivity contribution in [2.45, 2.75) is 50.3 Å². The lowest BCUT2D eigenvalue weighted by Crippen LogP contribution is -2.08. The van der Waals surface area contributed by atoms with Crippen molar-refractivity contribution >= 4 is 56.7 Å². The van der Waals surface area contributed by atoms with Crippen LogP contribution in [-0.2, 0) is 22.3 Å². The molecule has 2 unspecified atom stereocenters. The topological polar surface area (TPSA) is 52.6 Å². The van der Waals surface area contributed by atoms with E-state index in [1.54, 1.807) is 45.9 Å². The second-order valence-electron chi connectivity index (χ2n) is 11.1. The smallest absolute Gasteiger partial charge is 0.338 e. The Hall–Kier alpha value is -2.90. The van der Waals surface area contributed by atoms with E-state index in [-0.39, 0.29) is 22.7 Å². The van der Waals surface area contributed by atoms with E-state index in [9.17, 15) is 9.59 Å². The molecular weight excluding hydrogens is 655 g/mol. The van der Waals surface area contributed by atoms with Gasteiger partial charge < -0.3 is 9.47 Å². The van der Waals surface area contributed by atoms with E-state index >= 15 is 0 Å². The first-order valence-corrected chi connectivity index (χ1v) is 18.8. The third kappa shape index (κ3) is 12.0. The highest BCUT2D eigenvalue weighted by atomic mass is 35.5. The minimum atomic E-state index is -0.333. The molecule has 0 radical (unpaired) electrons. The normalized spacial score (nSPS) is 12.3. The van der Waals surface area contributed by atoms with Gasteiger partial charge in [0.25, 0.3) is 0 Å². The number of halogens is 2. The Bertz CT molecular complexity index is 1390. The zero-order valence-corrected chi connectivity index (χ0v) is 29.4. The van der Waals surface area contributed by atoms with Crippen molar-refractivity contribution < 1.29 is 19.1 Å². The molecule has 4 rings (SSSR count). The highest BCUT2D eigenvalue weighted by molar-refractivity contribution is 8.76. The number of rotatable bonds is 17. The maximum atomic E-state index is 12.4. The summed E-state index contributed by atoms with van der Waals surface area (Å²) in [7, 11) is 3.16. The van der Waals surface area contributed by atoms with Gasteiger partial charge in [0, 0.05) is 11.5 Å². The number of ether oxygens (including phenoxy) is 2. The number of alkyl halides is 2. The average Bonchev–Trinajstić information content (AvgIpc) is 3.08. The van der Waals surface area contributed by atoms with Crippen molar-refractivity contribution in [3.05, 3.63) is 142 Å². The lowest BCUT2D eigenvalue weighted by molar-refractivity contribution is 0.0520. The third-order valence-electron chi connectivity index (χ3n) is 7.51. The van der Waals surface area contributed by atoms with Crippen LogP contribution in [0.4, 0.5) is 0 Å². The molecule has 2 atom stereocenters. The number of aryl methyl sites for hydroxylation is 4. The van der Waals surface area contributed by atoms with E-state index < -0.39 is 0 Å². The molecule has 0 saturated carbocycles. The van der Waals surface area contributed by atoms with Gasteiger partial charge in [0.15, 0.2) is 0 Å². The number of hydrogen-bond donors (Lipinski definition) is 0. The maximum absolute atomic E-state index is 12.4. The molecule has 242 valence electrons. The van der Waals surface area contributed by atoms with Gasteiger partial charge in [-0.05, 0) is 86.1 Å². The van der Waals surface area contributed by atoms with Crippen LogP contribution in [0.5, 0.6) is 0 Å². The molecule has 8 heteroatoms. The standard InChI is InChI=1S/C38H40Cl2O4S2/c1-27-3-13-31(14-4-27)35(39)21-11-29-7-17-33(18-8-29)37(41)43-23-25-45-46-26-24-44-38(42)34-19-9-30(10-20-34)12-22-36(40)32-15-5-28(2)6-16-32/h3-10,13-20,35-36H,11-12,21-26H2,1-2H3. The third-order valence-corrected chi connectivity index (χ3v) is 10.8. The number of carbonyl (C=O) groups excluding carboxylic acids is 2. The predicted octanol–water partition coefficient (Wildman–Crippen LogP) is 10.5. The molecule has 0 amide bonds. The Morgan fingerprint density at radius 2 is 0.913 bits per heavy atom. The summed E-state index contributed by atoms with van der Waals surface area (Å²) in [5.41, 5.74) is 8.02. The molecule has 4 nitrogen and oxygen atoms in total. The molecule has 0 aliphatic rings. The van der Waals surface area contributed by atoms with Gasteiger partial charge in [-0.15, -0.1) is 23.2 Å². The van der Waals surface area contributed by atoms with Crippen LogP contribution in [0.15, 0.2) is 97.1 Å². The van der Waals surface area contributed by atoms with Crippen molar-refractivity contribution in [3.8, 4) is 0 Å². The predicted molar refractivity (Wildman–Crippen MR) is 195 cm³/mol. The summed E-state index contributed by atoms with van der Waals surface area (Å²) >= 11 is 13.2. The van der Waals surface area contributed by atoms with Gasteiger partial charge in [-0.25, -0.2) is 9.59 Å². The second kappa shape index (κ2) is 19.0. The van der Waals surface area contributed by atoms with Crippen molar-refractivity contribution in [2.24, 2.45) is 0 Å². The van der Waals surface area contributed by atoms with Gasteiger partial charge in [0.2, 0.25) is 0 Å². The van der Waals surface area contributed by atoms with E-state index in [4.69, 9.17) is 32.7 Å². The van der Waals surface area contributed by atoms with Crippen LogP contribution in [0, 0.1) is 13.8 Å². The zero-order valence-electron chi connectivity index (χ0n) is 26.3. The largest absolute Gasteiger partial charge is 0.461 e. The Labute approximate surface area is 291 Å². The molecule has 0 spiro atoms. The Balaban J connectivity index is 1.04. The monoisotopic (exact) mass is 694 g/mol. The van der Waals surface area contributed by atoms with Crippen molar-refractivity contribution in [1.82, 2.24) is 0 Å². The van der Waals surface area contributed by atoms with Crippen LogP contribution in [0.2, 0.25) is 0 Å². The minimum Gasteiger partial charge on any atom is -0.461 e. The molecule has 0 fully saturated rings. The fourth-order valence-electron chi connectivity index (χ4n) is 4.71. The van der Waals surface area contributed by atoms with Crippen molar-refractivity contribution in [1.29, 1.82) is 0 Å². The molecule has 0 saturated heterocycles. The summed E-state index contributed by atoms with van der Waals surface area (Å²) < 4.78 is 10.8. The first-order chi connectivity index (χ1) is 22.3. The van der Waals surface area contributed by atoms with E-state index in [1.165, 1.54) is 11.1 Å².